The van der Waals surface area contributed by atoms with Gasteiger partial charge in [0, 0.05) is 117 Å². The van der Waals surface area contributed by atoms with E-state index in [1.54, 1.807) is 54.3 Å². The zero-order valence-electron chi connectivity index (χ0n) is 40.5. The highest BCUT2D eigenvalue weighted by molar-refractivity contribution is 7.12. The van der Waals surface area contributed by atoms with E-state index in [9.17, 15) is 36.7 Å². The Bertz CT molecular complexity index is 2910. The zero-order valence-corrected chi connectivity index (χ0v) is 45.1. The minimum atomic E-state index is -3.03. The Balaban J connectivity index is 0.000000219. The number of halogens is 8. The largest absolute Gasteiger partial charge is 0.481 e. The molecule has 26 heteroatoms. The molecule has 0 bridgehead atoms. The van der Waals surface area contributed by atoms with Gasteiger partial charge in [0.15, 0.2) is 21.7 Å². The molecule has 402 valence electrons. The van der Waals surface area contributed by atoms with Gasteiger partial charge in [-0.3, -0.25) is 29.4 Å². The summed E-state index contributed by atoms with van der Waals surface area (Å²) in [6.45, 7) is 4.34. The van der Waals surface area contributed by atoms with E-state index in [0.29, 0.717) is 54.3 Å². The molecule has 8 rings (SSSR count). The molecule has 4 N–H and O–H groups in total. The van der Waals surface area contributed by atoms with Gasteiger partial charge in [0.25, 0.3) is 11.8 Å². The lowest BCUT2D eigenvalue weighted by Crippen LogP contribution is -2.45. The van der Waals surface area contributed by atoms with Crippen LogP contribution in [-0.2, 0) is 28.7 Å². The summed E-state index contributed by atoms with van der Waals surface area (Å²) in [5.41, 5.74) is 1.79. The highest BCUT2D eigenvalue weighted by Crippen LogP contribution is 2.44. The fourth-order valence-corrected chi connectivity index (χ4v) is 11.6. The monoisotopic (exact) mass is 1160 g/mol. The van der Waals surface area contributed by atoms with Gasteiger partial charge < -0.3 is 30.3 Å². The van der Waals surface area contributed by atoms with Gasteiger partial charge >= 0.3 is 23.9 Å². The van der Waals surface area contributed by atoms with Crippen LogP contribution in [0, 0.1) is 0 Å². The van der Waals surface area contributed by atoms with Crippen LogP contribution in [0.15, 0.2) is 92.1 Å². The first kappa shape index (κ1) is 57.5. The van der Waals surface area contributed by atoms with Crippen molar-refractivity contribution in [3.05, 3.63) is 123 Å². The van der Waals surface area contributed by atoms with Crippen molar-refractivity contribution in [2.45, 2.75) is 107 Å². The summed E-state index contributed by atoms with van der Waals surface area (Å²) in [4.78, 5) is 69.9. The van der Waals surface area contributed by atoms with E-state index < -0.39 is 84.8 Å². The third-order valence-corrected chi connectivity index (χ3v) is 15.9. The molecule has 0 amide bonds. The van der Waals surface area contributed by atoms with Crippen LogP contribution in [0.3, 0.4) is 0 Å². The minimum absolute atomic E-state index is 0.0377. The third-order valence-electron chi connectivity index (χ3n) is 13.2. The second-order valence-electron chi connectivity index (χ2n) is 17.8. The maximum absolute atomic E-state index is 14.8. The number of methoxy groups -OCH3 is 1. The highest BCUT2D eigenvalue weighted by Gasteiger charge is 2.53. The number of carbonyl (C=O) groups excluding carboxylic acids is 2. The number of nitrogens with one attached hydrogen (secondary N) is 2. The Morgan fingerprint density at radius 2 is 1.12 bits per heavy atom. The molecule has 0 aliphatic carbocycles. The van der Waals surface area contributed by atoms with Crippen LogP contribution in [0.2, 0.25) is 20.1 Å². The molecular weight excluding hydrogens is 1110 g/mol. The zero-order chi connectivity index (χ0) is 54.5. The number of nitrogens with zero attached hydrogens (tertiary/aromatic N) is 6. The number of amidine groups is 2. The normalized spacial score (nSPS) is 23.4. The topological polar surface area (TPSA) is 208 Å². The number of carboxylic acid groups (broad SMARTS) is 2. The number of aliphatic carboxylic acids is 2. The van der Waals surface area contributed by atoms with E-state index in [0.717, 1.165) is 0 Å². The van der Waals surface area contributed by atoms with Crippen LogP contribution in [0.1, 0.15) is 92.5 Å². The Hall–Kier alpha value is -5.20. The van der Waals surface area contributed by atoms with Crippen molar-refractivity contribution in [2.75, 3.05) is 26.8 Å². The molecule has 75 heavy (non-hydrogen) atoms. The van der Waals surface area contributed by atoms with Crippen molar-refractivity contribution in [1.29, 1.82) is 0 Å². The molecule has 4 aliphatic rings. The molecule has 0 saturated carbocycles. The van der Waals surface area contributed by atoms with E-state index in [4.69, 9.17) is 76.1 Å². The second-order valence-corrected chi connectivity index (χ2v) is 21.3. The van der Waals surface area contributed by atoms with Crippen molar-refractivity contribution >= 4 is 105 Å². The molecule has 16 nitrogen and oxygen atoms in total. The van der Waals surface area contributed by atoms with E-state index in [1.165, 1.54) is 65.6 Å². The van der Waals surface area contributed by atoms with Gasteiger partial charge in [-0.2, -0.15) is 0 Å². The maximum Gasteiger partial charge on any atom is 0.338 e. The van der Waals surface area contributed by atoms with Gasteiger partial charge in [-0.05, 0) is 57.9 Å². The van der Waals surface area contributed by atoms with Crippen LogP contribution >= 0.6 is 69.1 Å². The second kappa shape index (κ2) is 24.4. The summed E-state index contributed by atoms with van der Waals surface area (Å²) >= 11 is 27.8. The lowest BCUT2D eigenvalue weighted by atomic mass is 9.95. The Kier molecular flexibility index (Phi) is 18.7. The van der Waals surface area contributed by atoms with Gasteiger partial charge in [-0.25, -0.2) is 37.1 Å². The van der Waals surface area contributed by atoms with Crippen molar-refractivity contribution in [2.24, 2.45) is 9.98 Å². The molecule has 2 unspecified atom stereocenters. The third kappa shape index (κ3) is 13.3. The average Bonchev–Trinajstić information content (AvgIpc) is 4.17. The summed E-state index contributed by atoms with van der Waals surface area (Å²) < 4.78 is 69.7. The maximum atomic E-state index is 14.8. The van der Waals surface area contributed by atoms with Crippen molar-refractivity contribution in [3.63, 3.8) is 0 Å². The SMILES string of the molecule is CCOC(=O)C1=C(CN2C(C)C(F)(F)C[C@H]2CCC(=O)O)NC(c2nccs2)=N[C@H]1c1ccc(Cl)cc1Cl.COC(=O)C1=C(CN2C(C)C(F)(F)C[C@H]2CCC(=O)O)NC(c2nccs2)=N[C@H]1c1ccc(Cl)cc1Cl. The minimum Gasteiger partial charge on any atom is -0.481 e. The number of likely N-dealkylation sites (tertiary alicyclic amines) is 2. The smallest absolute Gasteiger partial charge is 0.338 e. The van der Waals surface area contributed by atoms with E-state index in [2.05, 4.69) is 20.6 Å². The predicted molar refractivity (Wildman–Crippen MR) is 277 cm³/mol. The molecule has 4 aliphatic heterocycles. The number of benzene rings is 2. The Labute approximate surface area is 456 Å². The van der Waals surface area contributed by atoms with Crippen LogP contribution in [-0.4, -0.2) is 128 Å². The van der Waals surface area contributed by atoms with Gasteiger partial charge in [0.05, 0.1) is 36.9 Å². The predicted octanol–water partition coefficient (Wildman–Crippen LogP) is 10.3. The standard InChI is InChI=1S/C25H26Cl2F2N4O4S.C24H24Cl2F2N4O4S/c1-3-37-24(36)20-18(12-33-13(2)25(28,29)11-15(33)5-7-19(34)35)31-22(23-30-8-9-38-23)32-21(20)16-6-4-14(26)10-17(16)27;1-12-24(27,28)10-14(4-6-18(33)34)32(12)11-17-19(23(35)36-2)20(15-5-3-13(25)9-16(15)26)31-21(30-17)22-29-7-8-37-22/h4,6,8-10,13,15,21H,3,5,7,11-12H2,1-2H3,(H,31,32)(H,34,35);3,5,7-9,12,14,20H,4,6,10-11H2,1-2H3,(H,30,31)(H,33,34)/t13?,15-,21+;12?,14-,20+/m11/s1. The molecule has 0 radical (unpaired) electrons. The number of hydrogen-bond acceptors (Lipinski definition) is 16. The Morgan fingerprint density at radius 3 is 1.47 bits per heavy atom. The summed E-state index contributed by atoms with van der Waals surface area (Å²) in [7, 11) is 1.22. The number of aromatic nitrogens is 2. The van der Waals surface area contributed by atoms with Crippen molar-refractivity contribution in [3.8, 4) is 0 Å². The number of ether oxygens (including phenoxy) is 2. The lowest BCUT2D eigenvalue weighted by molar-refractivity contribution is -0.139. The molecule has 2 saturated heterocycles. The first-order chi connectivity index (χ1) is 35.5. The highest BCUT2D eigenvalue weighted by atomic mass is 35.5. The summed E-state index contributed by atoms with van der Waals surface area (Å²) in [5, 5.41) is 30.5. The number of esters is 2. The fraction of sp³-hybridized carbons (Fsp3) is 0.429. The number of thiazole rings is 2. The average molecular weight is 1160 g/mol. The molecule has 6 heterocycles. The number of hydrogen-bond donors (Lipinski definition) is 4. The number of rotatable bonds is 17. The van der Waals surface area contributed by atoms with Crippen molar-refractivity contribution < 1.29 is 56.4 Å². The van der Waals surface area contributed by atoms with E-state index in [-0.39, 0.29) is 66.6 Å². The summed E-state index contributed by atoms with van der Waals surface area (Å²) in [6, 6.07) is 3.93. The molecule has 0 spiro atoms. The quantitative estimate of drug-likeness (QED) is 0.0573. The van der Waals surface area contributed by atoms with Gasteiger partial charge in [0.2, 0.25) is 0 Å². The van der Waals surface area contributed by atoms with E-state index in [1.807, 2.05) is 0 Å². The van der Waals surface area contributed by atoms with E-state index >= 15 is 0 Å². The molecule has 2 aromatic heterocycles. The lowest BCUT2D eigenvalue weighted by Gasteiger charge is -2.33. The molecule has 2 aromatic carbocycles. The van der Waals surface area contributed by atoms with Crippen LogP contribution in [0.25, 0.3) is 0 Å². The first-order valence-electron chi connectivity index (χ1n) is 23.3. The van der Waals surface area contributed by atoms with Crippen LogP contribution in [0.4, 0.5) is 17.6 Å². The van der Waals surface area contributed by atoms with Gasteiger partial charge in [0.1, 0.15) is 12.1 Å². The Morgan fingerprint density at radius 1 is 0.707 bits per heavy atom. The first-order valence-corrected chi connectivity index (χ1v) is 26.6. The van der Waals surface area contributed by atoms with Crippen LogP contribution < -0.4 is 10.6 Å². The van der Waals surface area contributed by atoms with Gasteiger partial charge in [-0.1, -0.05) is 58.5 Å². The molecule has 6 atom stereocenters. The summed E-state index contributed by atoms with van der Waals surface area (Å²) in [5.74, 6) is -8.89. The molecule has 4 aromatic rings. The number of alkyl halides is 4. The number of aliphatic imine (C=N–C) groups is 2. The molecular formula is C49H50Cl4F4N8O8S2. The summed E-state index contributed by atoms with van der Waals surface area (Å²) in [6.07, 6.45) is 1.80. The van der Waals surface area contributed by atoms with Crippen molar-refractivity contribution in [1.82, 2.24) is 30.4 Å². The number of carboxylic acids is 2. The molecule has 2 fully saturated rings. The fourth-order valence-electron chi connectivity index (χ4n) is 9.37. The van der Waals surface area contributed by atoms with Crippen LogP contribution in [0.5, 0.6) is 0 Å². The number of carbonyl (C=O) groups is 4. The van der Waals surface area contributed by atoms with Gasteiger partial charge in [-0.15, -0.1) is 22.7 Å².